The molecule has 0 aliphatic heterocycles. The predicted molar refractivity (Wildman–Crippen MR) is 72.0 cm³/mol. The zero-order chi connectivity index (χ0) is 14.0. The maximum Gasteiger partial charge on any atom is 0.350 e. The Bertz CT molecular complexity index is 686. The molecule has 0 unspecified atom stereocenters. The molecule has 8 heteroatoms. The Morgan fingerprint density at radius 1 is 1.47 bits per heavy atom. The Morgan fingerprint density at radius 2 is 2.21 bits per heavy atom. The number of esters is 1. The molecule has 6 nitrogen and oxygen atoms in total. The minimum absolute atomic E-state index is 0.105. The molecule has 0 fully saturated rings. The van der Waals surface area contributed by atoms with Gasteiger partial charge >= 0.3 is 5.97 Å². The average molecular weight is 300 g/mol. The van der Waals surface area contributed by atoms with Crippen molar-refractivity contribution in [1.29, 1.82) is 0 Å². The third-order valence-electron chi connectivity index (χ3n) is 2.46. The van der Waals surface area contributed by atoms with Gasteiger partial charge in [-0.25, -0.2) is 13.2 Å². The van der Waals surface area contributed by atoms with Gasteiger partial charge in [0, 0.05) is 12.4 Å². The number of aromatic amines is 1. The number of anilines is 1. The van der Waals surface area contributed by atoms with Gasteiger partial charge in [-0.1, -0.05) is 0 Å². The molecule has 0 amide bonds. The van der Waals surface area contributed by atoms with Crippen LogP contribution in [0, 0.1) is 6.92 Å². The molecule has 2 heterocycles. The summed E-state index contributed by atoms with van der Waals surface area (Å²) >= 11 is 1.14. The third-order valence-corrected chi connectivity index (χ3v) is 4.89. The number of carbonyl (C=O) groups excluding carboxylic acids is 1. The predicted octanol–water partition coefficient (Wildman–Crippen LogP) is 1.97. The van der Waals surface area contributed by atoms with E-state index in [0.29, 0.717) is 5.56 Å². The highest BCUT2D eigenvalue weighted by Crippen LogP contribution is 2.30. The van der Waals surface area contributed by atoms with E-state index < -0.39 is 16.0 Å². The van der Waals surface area contributed by atoms with Crippen molar-refractivity contribution in [2.75, 3.05) is 11.8 Å². The van der Waals surface area contributed by atoms with Crippen LogP contribution in [0.15, 0.2) is 28.7 Å². The van der Waals surface area contributed by atoms with Gasteiger partial charge in [0.05, 0.1) is 12.8 Å². The van der Waals surface area contributed by atoms with E-state index in [1.54, 1.807) is 12.3 Å². The van der Waals surface area contributed by atoms with Crippen molar-refractivity contribution >= 4 is 33.0 Å². The number of hydrogen-bond donors (Lipinski definition) is 2. The number of rotatable bonds is 4. The molecule has 2 rings (SSSR count). The van der Waals surface area contributed by atoms with Gasteiger partial charge in [-0.05, 0) is 23.9 Å². The second-order valence-electron chi connectivity index (χ2n) is 3.77. The number of carbonyl (C=O) groups is 1. The van der Waals surface area contributed by atoms with Crippen molar-refractivity contribution in [3.63, 3.8) is 0 Å². The molecule has 0 aliphatic rings. The number of methoxy groups -OCH3 is 1. The van der Waals surface area contributed by atoms with Gasteiger partial charge < -0.3 is 9.72 Å². The lowest BCUT2D eigenvalue weighted by Gasteiger charge is -2.08. The number of sulfonamides is 1. The lowest BCUT2D eigenvalue weighted by atomic mass is 10.3. The maximum atomic E-state index is 12.1. The quantitative estimate of drug-likeness (QED) is 0.845. The van der Waals surface area contributed by atoms with E-state index in [1.807, 2.05) is 0 Å². The minimum Gasteiger partial charge on any atom is -0.465 e. The molecular weight excluding hydrogens is 288 g/mol. The van der Waals surface area contributed by atoms with Crippen molar-refractivity contribution in [3.05, 3.63) is 34.3 Å². The Morgan fingerprint density at radius 3 is 2.79 bits per heavy atom. The van der Waals surface area contributed by atoms with Gasteiger partial charge in [-0.3, -0.25) is 4.72 Å². The molecule has 0 aromatic carbocycles. The van der Waals surface area contributed by atoms with E-state index in [0.717, 1.165) is 11.3 Å². The highest BCUT2D eigenvalue weighted by Gasteiger charge is 2.22. The number of aryl methyl sites for hydroxylation is 1. The number of aromatic nitrogens is 1. The minimum atomic E-state index is -3.71. The van der Waals surface area contributed by atoms with Gasteiger partial charge in [0.1, 0.15) is 9.77 Å². The highest BCUT2D eigenvalue weighted by molar-refractivity contribution is 7.92. The summed E-state index contributed by atoms with van der Waals surface area (Å²) in [5, 5.41) is 1.70. The van der Waals surface area contributed by atoms with Gasteiger partial charge in [0.2, 0.25) is 0 Å². The van der Waals surface area contributed by atoms with E-state index in [2.05, 4.69) is 14.4 Å². The van der Waals surface area contributed by atoms with E-state index in [9.17, 15) is 13.2 Å². The topological polar surface area (TPSA) is 88.3 Å². The Balaban J connectivity index is 2.39. The van der Waals surface area contributed by atoms with Crippen LogP contribution >= 0.6 is 11.3 Å². The smallest absolute Gasteiger partial charge is 0.350 e. The number of ether oxygens (including phenoxy) is 1. The van der Waals surface area contributed by atoms with Crippen molar-refractivity contribution < 1.29 is 17.9 Å². The number of hydrogen-bond acceptors (Lipinski definition) is 5. The molecule has 2 aromatic rings. The summed E-state index contributed by atoms with van der Waals surface area (Å²) in [5.74, 6) is -0.565. The van der Waals surface area contributed by atoms with Crippen LogP contribution in [0.3, 0.4) is 0 Å². The standard InChI is InChI=1S/C11H12N2O4S2/c1-7-6-18-10(11(14)17-2)9(7)13-19(15,16)8-3-4-12-5-8/h3-6,12-13H,1-2H3. The average Bonchev–Trinajstić information content (AvgIpc) is 3.00. The summed E-state index contributed by atoms with van der Waals surface area (Å²) in [7, 11) is -2.46. The van der Waals surface area contributed by atoms with Gasteiger partial charge in [0.15, 0.2) is 0 Å². The van der Waals surface area contributed by atoms with Crippen LogP contribution in [0.2, 0.25) is 0 Å². The normalized spacial score (nSPS) is 11.3. The van der Waals surface area contributed by atoms with Crippen LogP contribution in [-0.2, 0) is 14.8 Å². The lowest BCUT2D eigenvalue weighted by molar-refractivity contribution is 0.0607. The highest BCUT2D eigenvalue weighted by atomic mass is 32.2. The third kappa shape index (κ3) is 2.64. The monoisotopic (exact) mass is 300 g/mol. The van der Waals surface area contributed by atoms with E-state index in [-0.39, 0.29) is 15.5 Å². The number of nitrogens with one attached hydrogen (secondary N) is 2. The van der Waals surface area contributed by atoms with Gasteiger partial charge in [0.25, 0.3) is 10.0 Å². The molecule has 0 aliphatic carbocycles. The molecule has 0 bridgehead atoms. The SMILES string of the molecule is COC(=O)c1scc(C)c1NS(=O)(=O)c1cc[nH]c1. The van der Waals surface area contributed by atoms with E-state index in [4.69, 9.17) is 0 Å². The zero-order valence-corrected chi connectivity index (χ0v) is 11.9. The first-order valence-corrected chi connectivity index (χ1v) is 7.64. The summed E-state index contributed by atoms with van der Waals surface area (Å²) in [6.07, 6.45) is 2.87. The Labute approximate surface area is 114 Å². The molecule has 19 heavy (non-hydrogen) atoms. The van der Waals surface area contributed by atoms with Crippen molar-refractivity contribution in [1.82, 2.24) is 4.98 Å². The second-order valence-corrected chi connectivity index (χ2v) is 6.33. The van der Waals surface area contributed by atoms with Gasteiger partial charge in [-0.2, -0.15) is 0 Å². The van der Waals surface area contributed by atoms with Crippen LogP contribution in [0.25, 0.3) is 0 Å². The molecule has 2 N–H and O–H groups in total. The summed E-state index contributed by atoms with van der Waals surface area (Å²) in [6, 6.07) is 1.43. The van der Waals surface area contributed by atoms with Crippen LogP contribution < -0.4 is 4.72 Å². The molecule has 0 saturated heterocycles. The van der Waals surface area contributed by atoms with Crippen LogP contribution in [0.1, 0.15) is 15.2 Å². The van der Waals surface area contributed by atoms with Crippen molar-refractivity contribution in [2.45, 2.75) is 11.8 Å². The Kier molecular flexibility index (Phi) is 3.63. The molecule has 0 radical (unpaired) electrons. The summed E-state index contributed by atoms with van der Waals surface area (Å²) in [6.45, 7) is 1.72. The molecule has 102 valence electrons. The summed E-state index contributed by atoms with van der Waals surface area (Å²) < 4.78 is 31.2. The van der Waals surface area contributed by atoms with Crippen molar-refractivity contribution in [2.24, 2.45) is 0 Å². The van der Waals surface area contributed by atoms with Crippen LogP contribution in [0.5, 0.6) is 0 Å². The summed E-state index contributed by atoms with van der Waals surface area (Å²) in [5.41, 5.74) is 0.933. The van der Waals surface area contributed by atoms with E-state index >= 15 is 0 Å². The lowest BCUT2D eigenvalue weighted by Crippen LogP contribution is -2.15. The Hall–Kier alpha value is -1.80. The number of H-pyrrole nitrogens is 1. The maximum absolute atomic E-state index is 12.1. The first-order valence-electron chi connectivity index (χ1n) is 5.27. The van der Waals surface area contributed by atoms with Gasteiger partial charge in [-0.15, -0.1) is 11.3 Å². The first kappa shape index (κ1) is 13.6. The van der Waals surface area contributed by atoms with Crippen LogP contribution in [0.4, 0.5) is 5.69 Å². The molecule has 2 aromatic heterocycles. The zero-order valence-electron chi connectivity index (χ0n) is 10.3. The van der Waals surface area contributed by atoms with Crippen molar-refractivity contribution in [3.8, 4) is 0 Å². The fourth-order valence-corrected chi connectivity index (χ4v) is 3.59. The van der Waals surface area contributed by atoms with Crippen LogP contribution in [-0.4, -0.2) is 26.5 Å². The van der Waals surface area contributed by atoms with E-state index in [1.165, 1.54) is 25.6 Å². The first-order chi connectivity index (χ1) is 8.95. The number of thiophene rings is 1. The fourth-order valence-electron chi connectivity index (χ4n) is 1.48. The fraction of sp³-hybridized carbons (Fsp3) is 0.182. The molecule has 0 spiro atoms. The second kappa shape index (κ2) is 5.06. The largest absolute Gasteiger partial charge is 0.465 e. The molecule has 0 saturated carbocycles. The molecule has 0 atom stereocenters. The summed E-state index contributed by atoms with van der Waals surface area (Å²) in [4.78, 5) is 14.6. The molecular formula is C11H12N2O4S2.